The van der Waals surface area contributed by atoms with Gasteiger partial charge in [-0.15, -0.1) is 0 Å². The maximum absolute atomic E-state index is 12.0. The van der Waals surface area contributed by atoms with Crippen molar-refractivity contribution in [3.8, 4) is 5.88 Å². The molecule has 0 spiro atoms. The minimum Gasteiger partial charge on any atom is -0.494 e. The molecule has 0 unspecified atom stereocenters. The second kappa shape index (κ2) is 7.76. The summed E-state index contributed by atoms with van der Waals surface area (Å²) in [7, 11) is 0. The lowest BCUT2D eigenvalue weighted by atomic mass is 10.1. The van der Waals surface area contributed by atoms with Crippen LogP contribution >= 0.6 is 0 Å². The Hall–Kier alpha value is -2.92. The van der Waals surface area contributed by atoms with Gasteiger partial charge >= 0.3 is 0 Å². The third-order valence-electron chi connectivity index (χ3n) is 5.12. The van der Waals surface area contributed by atoms with E-state index >= 15 is 0 Å². The first-order valence-corrected chi connectivity index (χ1v) is 9.40. The lowest BCUT2D eigenvalue weighted by molar-refractivity contribution is 0.343. The number of likely N-dealkylation sites (tertiary alicyclic amines) is 1. The standard InChI is InChI=1S/C22H23N3O2/c26-21-19-9-2-1-8-18(19)20(22(27)24-21)15-23-17-7-5-6-16(14-17)10-13-25-11-3-4-12-25/h1-2,5-9,14-15H,3-4,10-13H2,(H2,24,26,27). The molecule has 1 aliphatic heterocycles. The Balaban J connectivity index is 1.57. The monoisotopic (exact) mass is 361 g/mol. The van der Waals surface area contributed by atoms with E-state index in [1.54, 1.807) is 18.3 Å². The van der Waals surface area contributed by atoms with Crippen LogP contribution in [0.5, 0.6) is 5.88 Å². The summed E-state index contributed by atoms with van der Waals surface area (Å²) in [6.45, 7) is 3.49. The van der Waals surface area contributed by atoms with E-state index in [1.165, 1.54) is 31.5 Å². The van der Waals surface area contributed by atoms with Crippen LogP contribution in [-0.2, 0) is 6.42 Å². The topological polar surface area (TPSA) is 68.7 Å². The molecule has 1 saturated heterocycles. The summed E-state index contributed by atoms with van der Waals surface area (Å²) in [4.78, 5) is 21.5. The highest BCUT2D eigenvalue weighted by Crippen LogP contribution is 2.22. The molecule has 27 heavy (non-hydrogen) atoms. The average molecular weight is 361 g/mol. The zero-order chi connectivity index (χ0) is 18.6. The fourth-order valence-electron chi connectivity index (χ4n) is 3.64. The van der Waals surface area contributed by atoms with Crippen LogP contribution in [0, 0.1) is 0 Å². The van der Waals surface area contributed by atoms with Crippen molar-refractivity contribution < 1.29 is 5.11 Å². The molecular weight excluding hydrogens is 338 g/mol. The van der Waals surface area contributed by atoms with Crippen molar-refractivity contribution in [2.45, 2.75) is 19.3 Å². The van der Waals surface area contributed by atoms with Gasteiger partial charge < -0.3 is 10.0 Å². The van der Waals surface area contributed by atoms with E-state index in [0.29, 0.717) is 16.3 Å². The summed E-state index contributed by atoms with van der Waals surface area (Å²) in [5.74, 6) is -0.160. The Labute approximate surface area is 158 Å². The minimum atomic E-state index is -0.302. The lowest BCUT2D eigenvalue weighted by Gasteiger charge is -2.14. The number of rotatable bonds is 5. The minimum absolute atomic E-state index is 0.160. The zero-order valence-corrected chi connectivity index (χ0v) is 15.2. The predicted octanol–water partition coefficient (Wildman–Crippen LogP) is 3.62. The number of fused-ring (bicyclic) bond motifs is 1. The normalized spacial score (nSPS) is 15.1. The van der Waals surface area contributed by atoms with Crippen LogP contribution in [0.25, 0.3) is 10.8 Å². The van der Waals surface area contributed by atoms with Crippen LogP contribution in [0.15, 0.2) is 58.3 Å². The molecular formula is C22H23N3O2. The number of hydrogen-bond donors (Lipinski definition) is 2. The van der Waals surface area contributed by atoms with E-state index in [0.717, 1.165) is 18.7 Å². The lowest BCUT2D eigenvalue weighted by Crippen LogP contribution is -2.21. The van der Waals surface area contributed by atoms with Crippen LogP contribution in [0.1, 0.15) is 24.0 Å². The molecule has 0 atom stereocenters. The van der Waals surface area contributed by atoms with Crippen molar-refractivity contribution in [3.05, 3.63) is 70.0 Å². The highest BCUT2D eigenvalue weighted by atomic mass is 16.3. The molecule has 0 radical (unpaired) electrons. The Kier molecular flexibility index (Phi) is 5.03. The number of aromatic hydroxyl groups is 1. The first-order valence-electron chi connectivity index (χ1n) is 9.40. The number of nitrogens with one attached hydrogen (secondary N) is 1. The number of aromatic amines is 1. The van der Waals surface area contributed by atoms with Gasteiger partial charge in [-0.1, -0.05) is 30.3 Å². The van der Waals surface area contributed by atoms with E-state index in [2.05, 4.69) is 27.0 Å². The van der Waals surface area contributed by atoms with E-state index < -0.39 is 0 Å². The van der Waals surface area contributed by atoms with E-state index in [9.17, 15) is 9.90 Å². The van der Waals surface area contributed by atoms with Crippen LogP contribution in [0.3, 0.4) is 0 Å². The van der Waals surface area contributed by atoms with Crippen molar-refractivity contribution >= 4 is 22.7 Å². The summed E-state index contributed by atoms with van der Waals surface area (Å²) in [5, 5.41) is 11.4. The van der Waals surface area contributed by atoms with Crippen LogP contribution in [-0.4, -0.2) is 40.8 Å². The smallest absolute Gasteiger partial charge is 0.258 e. The SMILES string of the molecule is O=c1[nH]c(O)c(C=Nc2cccc(CCN3CCCC3)c2)c2ccccc12. The molecule has 2 aromatic carbocycles. The van der Waals surface area contributed by atoms with Gasteiger partial charge in [0.2, 0.25) is 5.88 Å². The summed E-state index contributed by atoms with van der Waals surface area (Å²) < 4.78 is 0. The van der Waals surface area contributed by atoms with Gasteiger partial charge in [0.1, 0.15) is 0 Å². The summed E-state index contributed by atoms with van der Waals surface area (Å²) in [5.41, 5.74) is 2.31. The van der Waals surface area contributed by atoms with Gasteiger partial charge in [0.05, 0.1) is 11.3 Å². The molecule has 2 N–H and O–H groups in total. The molecule has 0 aliphatic carbocycles. The van der Waals surface area contributed by atoms with Gasteiger partial charge in [-0.2, -0.15) is 0 Å². The van der Waals surface area contributed by atoms with Crippen molar-refractivity contribution in [2.75, 3.05) is 19.6 Å². The molecule has 5 heteroatoms. The molecule has 2 heterocycles. The molecule has 0 amide bonds. The summed E-state index contributed by atoms with van der Waals surface area (Å²) >= 11 is 0. The average Bonchev–Trinajstić information content (AvgIpc) is 3.20. The molecule has 5 nitrogen and oxygen atoms in total. The molecule has 1 fully saturated rings. The Morgan fingerprint density at radius 2 is 1.85 bits per heavy atom. The Morgan fingerprint density at radius 3 is 2.67 bits per heavy atom. The Bertz CT molecular complexity index is 1030. The van der Waals surface area contributed by atoms with E-state index in [4.69, 9.17) is 0 Å². The molecule has 0 bridgehead atoms. The number of benzene rings is 2. The van der Waals surface area contributed by atoms with Gasteiger partial charge in [0, 0.05) is 23.5 Å². The second-order valence-electron chi connectivity index (χ2n) is 6.99. The molecule has 1 aliphatic rings. The Morgan fingerprint density at radius 1 is 1.07 bits per heavy atom. The highest BCUT2D eigenvalue weighted by molar-refractivity contribution is 6.01. The van der Waals surface area contributed by atoms with Gasteiger partial charge in [-0.25, -0.2) is 0 Å². The van der Waals surface area contributed by atoms with Crippen molar-refractivity contribution in [1.29, 1.82) is 0 Å². The fourth-order valence-corrected chi connectivity index (χ4v) is 3.64. The summed E-state index contributed by atoms with van der Waals surface area (Å²) in [6.07, 6.45) is 5.24. The predicted molar refractivity (Wildman–Crippen MR) is 109 cm³/mol. The van der Waals surface area contributed by atoms with Gasteiger partial charge in [0.25, 0.3) is 5.56 Å². The third kappa shape index (κ3) is 3.93. The van der Waals surface area contributed by atoms with Gasteiger partial charge in [0.15, 0.2) is 0 Å². The second-order valence-corrected chi connectivity index (χ2v) is 6.99. The number of H-pyrrole nitrogens is 1. The van der Waals surface area contributed by atoms with E-state index in [1.807, 2.05) is 24.3 Å². The van der Waals surface area contributed by atoms with E-state index in [-0.39, 0.29) is 11.4 Å². The first kappa shape index (κ1) is 17.5. The number of hydrogen-bond acceptors (Lipinski definition) is 4. The number of aromatic nitrogens is 1. The zero-order valence-electron chi connectivity index (χ0n) is 15.2. The molecule has 1 aromatic heterocycles. The first-order chi connectivity index (χ1) is 13.2. The fraction of sp³-hybridized carbons (Fsp3) is 0.273. The summed E-state index contributed by atoms with van der Waals surface area (Å²) in [6, 6.07) is 15.4. The molecule has 3 aromatic rings. The third-order valence-corrected chi connectivity index (χ3v) is 5.12. The van der Waals surface area contributed by atoms with Crippen LogP contribution < -0.4 is 5.56 Å². The number of nitrogens with zero attached hydrogens (tertiary/aromatic N) is 2. The van der Waals surface area contributed by atoms with Crippen molar-refractivity contribution in [3.63, 3.8) is 0 Å². The van der Waals surface area contributed by atoms with Crippen molar-refractivity contribution in [2.24, 2.45) is 4.99 Å². The van der Waals surface area contributed by atoms with Crippen LogP contribution in [0.4, 0.5) is 5.69 Å². The molecule has 4 rings (SSSR count). The highest BCUT2D eigenvalue weighted by Gasteiger charge is 2.11. The maximum atomic E-state index is 12.0. The van der Waals surface area contributed by atoms with Gasteiger partial charge in [-0.3, -0.25) is 14.8 Å². The quantitative estimate of drug-likeness (QED) is 0.682. The maximum Gasteiger partial charge on any atom is 0.258 e. The largest absolute Gasteiger partial charge is 0.494 e. The van der Waals surface area contributed by atoms with Gasteiger partial charge in [-0.05, 0) is 56.1 Å². The van der Waals surface area contributed by atoms with Crippen LogP contribution in [0.2, 0.25) is 0 Å². The number of pyridine rings is 1. The molecule has 138 valence electrons. The van der Waals surface area contributed by atoms with Crippen molar-refractivity contribution in [1.82, 2.24) is 9.88 Å². The molecule has 0 saturated carbocycles. The number of aliphatic imine (C=N–C) groups is 1.